The predicted molar refractivity (Wildman–Crippen MR) is 178 cm³/mol. The monoisotopic (exact) mass is 765 g/mol. The summed E-state index contributed by atoms with van der Waals surface area (Å²) in [5.74, 6) is -6.10. The van der Waals surface area contributed by atoms with E-state index in [4.69, 9.17) is 4.74 Å². The fraction of sp³-hybridized carbons (Fsp3) is 0.514. The molecule has 2 heterocycles. The zero-order chi connectivity index (χ0) is 39.5. The highest BCUT2D eigenvalue weighted by molar-refractivity contribution is 5.68. The maximum Gasteiger partial charge on any atom is 0.453 e. The summed E-state index contributed by atoms with van der Waals surface area (Å²) in [5.41, 5.74) is -4.86. The number of nitrogens with zero attached hydrogens (tertiary/aromatic N) is 4. The van der Waals surface area contributed by atoms with Crippen molar-refractivity contribution >= 4 is 11.8 Å². The topological polar surface area (TPSA) is 88.8 Å². The number of ether oxygens (including phenoxy) is 1. The van der Waals surface area contributed by atoms with Crippen LogP contribution in [0, 0.1) is 12.7 Å². The molecule has 292 valence electrons. The Morgan fingerprint density at radius 3 is 2.06 bits per heavy atom. The maximum atomic E-state index is 15.1. The number of anilines is 1. The number of piperazine rings is 1. The van der Waals surface area contributed by atoms with Crippen LogP contribution in [0.15, 0.2) is 58.1 Å². The van der Waals surface area contributed by atoms with Gasteiger partial charge in [0, 0.05) is 43.9 Å². The lowest BCUT2D eigenvalue weighted by molar-refractivity contribution is -0.284. The van der Waals surface area contributed by atoms with Gasteiger partial charge >= 0.3 is 30.1 Å². The summed E-state index contributed by atoms with van der Waals surface area (Å²) >= 11 is 0. The van der Waals surface area contributed by atoms with E-state index in [0.717, 1.165) is 21.3 Å². The molecule has 3 aromatic rings. The van der Waals surface area contributed by atoms with E-state index >= 15 is 4.39 Å². The molecule has 1 amide bonds. The van der Waals surface area contributed by atoms with Crippen LogP contribution in [0.5, 0.6) is 0 Å². The van der Waals surface area contributed by atoms with E-state index in [1.165, 1.54) is 11.8 Å². The second-order valence-electron chi connectivity index (χ2n) is 13.7. The number of nitrogens with one attached hydrogen (secondary N) is 1. The van der Waals surface area contributed by atoms with Crippen LogP contribution < -0.4 is 21.5 Å². The summed E-state index contributed by atoms with van der Waals surface area (Å²) in [6.45, 7) is 4.88. The van der Waals surface area contributed by atoms with Gasteiger partial charge in [-0.3, -0.25) is 18.8 Å². The van der Waals surface area contributed by atoms with Crippen molar-refractivity contribution in [2.75, 3.05) is 37.6 Å². The van der Waals surface area contributed by atoms with Crippen LogP contribution in [-0.2, 0) is 24.0 Å². The number of alkyl carbamates (subject to hydrolysis) is 1. The number of rotatable bonds is 11. The van der Waals surface area contributed by atoms with Gasteiger partial charge < -0.3 is 15.0 Å². The van der Waals surface area contributed by atoms with E-state index in [-0.39, 0.29) is 44.1 Å². The van der Waals surface area contributed by atoms with E-state index in [2.05, 4.69) is 5.32 Å². The highest BCUT2D eigenvalue weighted by Crippen LogP contribution is 2.39. The van der Waals surface area contributed by atoms with Gasteiger partial charge in [-0.05, 0) is 58.4 Å². The minimum atomic E-state index is -5.68. The molecule has 1 saturated heterocycles. The Labute approximate surface area is 298 Å². The molecule has 0 saturated carbocycles. The number of carbonyl (C=O) groups excluding carboxylic acids is 1. The van der Waals surface area contributed by atoms with Gasteiger partial charge in [0.2, 0.25) is 0 Å². The number of amides is 1. The molecule has 2 aromatic carbocycles. The number of halogens is 9. The van der Waals surface area contributed by atoms with E-state index in [0.29, 0.717) is 11.6 Å². The second kappa shape index (κ2) is 15.9. The van der Waals surface area contributed by atoms with Crippen LogP contribution >= 0.6 is 0 Å². The molecule has 0 bridgehead atoms. The van der Waals surface area contributed by atoms with Gasteiger partial charge in [-0.25, -0.2) is 14.0 Å². The normalized spacial score (nSPS) is 15.4. The van der Waals surface area contributed by atoms with Gasteiger partial charge in [0.15, 0.2) is 0 Å². The van der Waals surface area contributed by atoms with Gasteiger partial charge in [-0.15, -0.1) is 0 Å². The zero-order valence-corrected chi connectivity index (χ0v) is 29.4. The number of aromatic nitrogens is 2. The molecular formula is C35H40F9N5O4. The summed E-state index contributed by atoms with van der Waals surface area (Å²) < 4.78 is 129. The van der Waals surface area contributed by atoms with Gasteiger partial charge in [-0.1, -0.05) is 36.4 Å². The van der Waals surface area contributed by atoms with Crippen LogP contribution in [-0.4, -0.2) is 70.6 Å². The lowest BCUT2D eigenvalue weighted by Gasteiger charge is -2.37. The van der Waals surface area contributed by atoms with E-state index in [9.17, 15) is 49.5 Å². The Balaban J connectivity index is 1.76. The fourth-order valence-electron chi connectivity index (χ4n) is 6.05. The van der Waals surface area contributed by atoms with Crippen LogP contribution in [0.2, 0.25) is 0 Å². The molecule has 18 heteroatoms. The van der Waals surface area contributed by atoms with Gasteiger partial charge in [0.25, 0.3) is 5.56 Å². The van der Waals surface area contributed by atoms with E-state index in [1.807, 2.05) is 0 Å². The molecule has 1 aromatic heterocycles. The Morgan fingerprint density at radius 2 is 1.49 bits per heavy atom. The van der Waals surface area contributed by atoms with Gasteiger partial charge in [0.05, 0.1) is 24.7 Å². The quantitative estimate of drug-likeness (QED) is 0.214. The number of benzene rings is 2. The second-order valence-corrected chi connectivity index (χ2v) is 13.7. The molecule has 53 heavy (non-hydrogen) atoms. The van der Waals surface area contributed by atoms with Crippen molar-refractivity contribution in [3.8, 4) is 0 Å². The smallest absolute Gasteiger partial charge is 0.444 e. The first-order valence-corrected chi connectivity index (χ1v) is 16.7. The standard InChI is InChI=1S/C35H40F9N5O4/c1-22-28(47-18-16-46(17-19-47)15-9-14-33(37,38)35(42,43)44)29(50)49(21-27(23-10-6-5-7-11-23)45-30(51)53-32(2,3)4)31(52)48(22)20-24-25(34(39,40)41)12-8-13-26(24)36/h5-8,10-13,27H,9,14-21H2,1-4H3,(H,45,51)/t27-/m0/s1. The van der Waals surface area contributed by atoms with Crippen LogP contribution in [0.4, 0.5) is 50.0 Å². The predicted octanol–water partition coefficient (Wildman–Crippen LogP) is 6.89. The fourth-order valence-corrected chi connectivity index (χ4v) is 6.05. The third-order valence-corrected chi connectivity index (χ3v) is 8.72. The Bertz CT molecular complexity index is 1860. The number of alkyl halides is 8. The minimum absolute atomic E-state index is 0.0235. The molecule has 1 fully saturated rings. The van der Waals surface area contributed by atoms with Crippen LogP contribution in [0.3, 0.4) is 0 Å². The molecule has 0 unspecified atom stereocenters. The van der Waals surface area contributed by atoms with Crippen LogP contribution in [0.25, 0.3) is 0 Å². The molecule has 9 nitrogen and oxygen atoms in total. The van der Waals surface area contributed by atoms with Gasteiger partial charge in [0.1, 0.15) is 17.1 Å². The van der Waals surface area contributed by atoms with Crippen molar-refractivity contribution in [1.82, 2.24) is 19.4 Å². The van der Waals surface area contributed by atoms with E-state index < -0.39 is 90.1 Å². The Hall–Kier alpha value is -4.48. The molecule has 1 aliphatic rings. The SMILES string of the molecule is Cc1c(N2CCN(CCCC(F)(F)C(F)(F)F)CC2)c(=O)n(C[C@H](NC(=O)OC(C)(C)C)c2ccccc2)c(=O)n1Cc1c(F)cccc1C(F)(F)F. The first kappa shape index (κ1) is 41.3. The Kier molecular flexibility index (Phi) is 12.4. The summed E-state index contributed by atoms with van der Waals surface area (Å²) in [7, 11) is 0. The molecule has 0 radical (unpaired) electrons. The van der Waals surface area contributed by atoms with Crippen molar-refractivity contribution in [1.29, 1.82) is 0 Å². The molecular weight excluding hydrogens is 725 g/mol. The van der Waals surface area contributed by atoms with Crippen LogP contribution in [0.1, 0.15) is 62.0 Å². The van der Waals surface area contributed by atoms with Crippen molar-refractivity contribution in [3.63, 3.8) is 0 Å². The van der Waals surface area contributed by atoms with E-state index in [1.54, 1.807) is 56.0 Å². The van der Waals surface area contributed by atoms with Crippen molar-refractivity contribution in [3.05, 3.63) is 97.6 Å². The average Bonchev–Trinajstić information content (AvgIpc) is 3.04. The summed E-state index contributed by atoms with van der Waals surface area (Å²) in [6, 6.07) is 9.45. The third kappa shape index (κ3) is 10.1. The summed E-state index contributed by atoms with van der Waals surface area (Å²) in [4.78, 5) is 44.4. The molecule has 1 aliphatic heterocycles. The summed E-state index contributed by atoms with van der Waals surface area (Å²) in [5, 5.41) is 2.64. The molecule has 0 aliphatic carbocycles. The molecule has 0 spiro atoms. The summed E-state index contributed by atoms with van der Waals surface area (Å²) in [6.07, 6.45) is -13.5. The number of hydrogen-bond donors (Lipinski definition) is 1. The highest BCUT2D eigenvalue weighted by Gasteiger charge is 2.56. The molecule has 1 N–H and O–H groups in total. The first-order chi connectivity index (χ1) is 24.5. The van der Waals surface area contributed by atoms with Crippen molar-refractivity contribution in [2.45, 2.75) is 83.5 Å². The maximum absolute atomic E-state index is 15.1. The van der Waals surface area contributed by atoms with Crippen molar-refractivity contribution < 1.29 is 49.0 Å². The number of hydrogen-bond acceptors (Lipinski definition) is 6. The zero-order valence-electron chi connectivity index (χ0n) is 29.4. The number of carbonyl (C=O) groups is 1. The largest absolute Gasteiger partial charge is 0.453 e. The highest BCUT2D eigenvalue weighted by atomic mass is 19.4. The van der Waals surface area contributed by atoms with Crippen molar-refractivity contribution in [2.24, 2.45) is 0 Å². The first-order valence-electron chi connectivity index (χ1n) is 16.7. The average molecular weight is 766 g/mol. The van der Waals surface area contributed by atoms with Gasteiger partial charge in [-0.2, -0.15) is 35.1 Å². The lowest BCUT2D eigenvalue weighted by Crippen LogP contribution is -2.52. The lowest BCUT2D eigenvalue weighted by atomic mass is 10.1. The molecule has 4 rings (SSSR count). The molecule has 1 atom stereocenters. The third-order valence-electron chi connectivity index (χ3n) is 8.72. The Morgan fingerprint density at radius 1 is 0.868 bits per heavy atom. The minimum Gasteiger partial charge on any atom is -0.444 e.